The summed E-state index contributed by atoms with van der Waals surface area (Å²) in [6.07, 6.45) is 3.15. The van der Waals surface area contributed by atoms with Crippen LogP contribution in [0.4, 0.5) is 21.5 Å². The van der Waals surface area contributed by atoms with Crippen molar-refractivity contribution in [3.8, 4) is 0 Å². The molecule has 0 fully saturated rings. The average molecular weight is 392 g/mol. The summed E-state index contributed by atoms with van der Waals surface area (Å²) in [5, 5.41) is 5.99. The molecule has 0 radical (unpaired) electrons. The molecule has 0 atom stereocenters. The number of carbonyl (C=O) groups is 1. The van der Waals surface area contributed by atoms with Crippen LogP contribution >= 0.6 is 0 Å². The van der Waals surface area contributed by atoms with Crippen LogP contribution < -0.4 is 15.5 Å². The number of carbonyl (C=O) groups excluding carboxylic acids is 1. The van der Waals surface area contributed by atoms with E-state index in [9.17, 15) is 9.18 Å². The number of benzene rings is 2. The summed E-state index contributed by atoms with van der Waals surface area (Å²) in [5.74, 6) is -0.643. The number of anilines is 3. The van der Waals surface area contributed by atoms with E-state index >= 15 is 0 Å². The summed E-state index contributed by atoms with van der Waals surface area (Å²) in [6.45, 7) is 6.29. The number of nitrogens with zero attached hydrogens (tertiary/aromatic N) is 2. The molecule has 2 N–H and O–H groups in total. The molecule has 29 heavy (non-hydrogen) atoms. The van der Waals surface area contributed by atoms with E-state index in [1.54, 1.807) is 30.5 Å². The molecule has 0 unspecified atom stereocenters. The Bertz CT molecular complexity index is 955. The quantitative estimate of drug-likeness (QED) is 0.581. The summed E-state index contributed by atoms with van der Waals surface area (Å²) in [7, 11) is 0. The fraction of sp³-hybridized carbons (Fsp3) is 0.217. The van der Waals surface area contributed by atoms with Crippen LogP contribution in [0.25, 0.3) is 0 Å². The molecule has 0 saturated heterocycles. The predicted molar refractivity (Wildman–Crippen MR) is 115 cm³/mol. The lowest BCUT2D eigenvalue weighted by Gasteiger charge is -2.21. The molecular weight excluding hydrogens is 367 g/mol. The largest absolute Gasteiger partial charge is 0.372 e. The van der Waals surface area contributed by atoms with E-state index in [2.05, 4.69) is 46.5 Å². The van der Waals surface area contributed by atoms with Crippen LogP contribution in [0.3, 0.4) is 0 Å². The first-order valence-corrected chi connectivity index (χ1v) is 9.69. The number of amides is 1. The van der Waals surface area contributed by atoms with Gasteiger partial charge in [-0.15, -0.1) is 0 Å². The first kappa shape index (κ1) is 20.3. The third-order valence-electron chi connectivity index (χ3n) is 4.68. The maximum absolute atomic E-state index is 13.7. The molecule has 3 aromatic rings. The number of halogens is 1. The molecule has 1 heterocycles. The molecule has 3 rings (SSSR count). The lowest BCUT2D eigenvalue weighted by Crippen LogP contribution is -2.23. The maximum atomic E-state index is 13.7. The maximum Gasteiger partial charge on any atom is 0.253 e. The van der Waals surface area contributed by atoms with Crippen LogP contribution in [0, 0.1) is 5.82 Å². The molecule has 6 heteroatoms. The standard InChI is InChI=1S/C23H25FN4O/c1-3-28(4-2)21-11-9-19(10-12-21)27-20-13-18(14-25-16-20)23(29)26-15-17-7-5-6-8-22(17)24/h5-14,16,27H,3-4,15H2,1-2H3,(H,26,29). The molecule has 0 aliphatic carbocycles. The lowest BCUT2D eigenvalue weighted by molar-refractivity contribution is 0.0950. The molecule has 0 aliphatic heterocycles. The second-order valence-corrected chi connectivity index (χ2v) is 6.58. The van der Waals surface area contributed by atoms with Crippen molar-refractivity contribution < 1.29 is 9.18 Å². The van der Waals surface area contributed by atoms with Crippen molar-refractivity contribution in [1.82, 2.24) is 10.3 Å². The monoisotopic (exact) mass is 392 g/mol. The van der Waals surface area contributed by atoms with Crippen LogP contribution in [0.15, 0.2) is 67.0 Å². The predicted octanol–water partition coefficient (Wildman–Crippen LogP) is 4.74. The Balaban J connectivity index is 1.64. The number of hydrogen-bond donors (Lipinski definition) is 2. The Morgan fingerprint density at radius 2 is 1.72 bits per heavy atom. The minimum atomic E-state index is -0.338. The Hall–Kier alpha value is -3.41. The Labute approximate surface area is 170 Å². The van der Waals surface area contributed by atoms with Crippen LogP contribution in [-0.4, -0.2) is 24.0 Å². The van der Waals surface area contributed by atoms with Crippen LogP contribution in [0.5, 0.6) is 0 Å². The van der Waals surface area contributed by atoms with Gasteiger partial charge in [0.2, 0.25) is 0 Å². The molecule has 0 bridgehead atoms. The summed E-state index contributed by atoms with van der Waals surface area (Å²) >= 11 is 0. The van der Waals surface area contributed by atoms with Gasteiger partial charge in [-0.25, -0.2) is 4.39 Å². The fourth-order valence-corrected chi connectivity index (χ4v) is 3.06. The van der Waals surface area contributed by atoms with Gasteiger partial charge in [-0.1, -0.05) is 18.2 Å². The second-order valence-electron chi connectivity index (χ2n) is 6.58. The topological polar surface area (TPSA) is 57.3 Å². The smallest absolute Gasteiger partial charge is 0.253 e. The molecule has 2 aromatic carbocycles. The molecule has 1 amide bonds. The van der Waals surface area contributed by atoms with E-state index in [1.165, 1.54) is 18.0 Å². The Morgan fingerprint density at radius 1 is 1.00 bits per heavy atom. The van der Waals surface area contributed by atoms with Gasteiger partial charge in [0.1, 0.15) is 5.82 Å². The van der Waals surface area contributed by atoms with Gasteiger partial charge in [0.15, 0.2) is 0 Å². The van der Waals surface area contributed by atoms with Gasteiger partial charge in [-0.2, -0.15) is 0 Å². The van der Waals surface area contributed by atoms with Crippen molar-refractivity contribution in [3.05, 3.63) is 83.9 Å². The highest BCUT2D eigenvalue weighted by Gasteiger charge is 2.09. The van der Waals surface area contributed by atoms with Crippen LogP contribution in [0.1, 0.15) is 29.8 Å². The van der Waals surface area contributed by atoms with Crippen molar-refractivity contribution in [3.63, 3.8) is 0 Å². The highest BCUT2D eigenvalue weighted by molar-refractivity contribution is 5.94. The van der Waals surface area contributed by atoms with Gasteiger partial charge in [-0.05, 0) is 50.2 Å². The van der Waals surface area contributed by atoms with Gasteiger partial charge in [0.05, 0.1) is 17.4 Å². The van der Waals surface area contributed by atoms with E-state index in [0.717, 1.165) is 18.8 Å². The first-order chi connectivity index (χ1) is 14.1. The van der Waals surface area contributed by atoms with Gasteiger partial charge < -0.3 is 15.5 Å². The van der Waals surface area contributed by atoms with E-state index in [-0.39, 0.29) is 18.3 Å². The van der Waals surface area contributed by atoms with E-state index < -0.39 is 0 Å². The molecule has 150 valence electrons. The third-order valence-corrected chi connectivity index (χ3v) is 4.68. The summed E-state index contributed by atoms with van der Waals surface area (Å²) in [5.41, 5.74) is 3.63. The van der Waals surface area contributed by atoms with E-state index in [0.29, 0.717) is 16.8 Å². The molecule has 0 aliphatic rings. The Morgan fingerprint density at radius 3 is 2.41 bits per heavy atom. The lowest BCUT2D eigenvalue weighted by atomic mass is 10.2. The molecular formula is C23H25FN4O. The number of aromatic nitrogens is 1. The Kier molecular flexibility index (Phi) is 6.79. The molecule has 5 nitrogen and oxygen atoms in total. The second kappa shape index (κ2) is 9.68. The normalized spacial score (nSPS) is 10.4. The van der Waals surface area contributed by atoms with E-state index in [1.807, 2.05) is 12.1 Å². The van der Waals surface area contributed by atoms with Crippen molar-refractivity contribution in [1.29, 1.82) is 0 Å². The van der Waals surface area contributed by atoms with Gasteiger partial charge >= 0.3 is 0 Å². The third kappa shape index (κ3) is 5.31. The number of hydrogen-bond acceptors (Lipinski definition) is 4. The highest BCUT2D eigenvalue weighted by atomic mass is 19.1. The van der Waals surface area contributed by atoms with Gasteiger partial charge in [0.25, 0.3) is 5.91 Å². The van der Waals surface area contributed by atoms with Crippen molar-refractivity contribution in [2.75, 3.05) is 23.3 Å². The average Bonchev–Trinajstić information content (AvgIpc) is 2.75. The minimum Gasteiger partial charge on any atom is -0.372 e. The van der Waals surface area contributed by atoms with Crippen molar-refractivity contribution in [2.45, 2.75) is 20.4 Å². The van der Waals surface area contributed by atoms with Crippen molar-refractivity contribution in [2.24, 2.45) is 0 Å². The summed E-state index contributed by atoms with van der Waals surface area (Å²) in [4.78, 5) is 18.8. The number of pyridine rings is 1. The number of rotatable bonds is 8. The SMILES string of the molecule is CCN(CC)c1ccc(Nc2cncc(C(=O)NCc3ccccc3F)c2)cc1. The molecule has 0 spiro atoms. The first-order valence-electron chi connectivity index (χ1n) is 9.69. The van der Waals surface area contributed by atoms with Crippen molar-refractivity contribution >= 4 is 23.0 Å². The zero-order valence-electron chi connectivity index (χ0n) is 16.7. The van der Waals surface area contributed by atoms with Gasteiger partial charge in [-0.3, -0.25) is 9.78 Å². The molecule has 1 aromatic heterocycles. The summed E-state index contributed by atoms with van der Waals surface area (Å²) < 4.78 is 13.7. The molecule has 0 saturated carbocycles. The zero-order valence-corrected chi connectivity index (χ0v) is 16.7. The summed E-state index contributed by atoms with van der Waals surface area (Å²) in [6, 6.07) is 16.2. The number of nitrogens with one attached hydrogen (secondary N) is 2. The van der Waals surface area contributed by atoms with Crippen LogP contribution in [-0.2, 0) is 6.54 Å². The fourth-order valence-electron chi connectivity index (χ4n) is 3.06. The highest BCUT2D eigenvalue weighted by Crippen LogP contribution is 2.21. The zero-order chi connectivity index (χ0) is 20.6. The van der Waals surface area contributed by atoms with Gasteiger partial charge in [0, 0.05) is 42.8 Å². The van der Waals surface area contributed by atoms with E-state index in [4.69, 9.17) is 0 Å². The minimum absolute atomic E-state index is 0.121. The van der Waals surface area contributed by atoms with Crippen LogP contribution in [0.2, 0.25) is 0 Å².